The summed E-state index contributed by atoms with van der Waals surface area (Å²) in [5.41, 5.74) is 2.40. The lowest BCUT2D eigenvalue weighted by Crippen LogP contribution is -2.23. The molecule has 94 valence electrons. The van der Waals surface area contributed by atoms with Crippen molar-refractivity contribution in [1.29, 1.82) is 0 Å². The van der Waals surface area contributed by atoms with Crippen molar-refractivity contribution >= 4 is 24.8 Å². The summed E-state index contributed by atoms with van der Waals surface area (Å²) in [6, 6.07) is 8.12. The number of hydrogen-bond acceptors (Lipinski definition) is 1. The Bertz CT molecular complexity index is 601. The van der Waals surface area contributed by atoms with E-state index < -0.39 is 0 Å². The van der Waals surface area contributed by atoms with Gasteiger partial charge in [0.05, 0.1) is 0 Å². The molecule has 0 heterocycles. The van der Waals surface area contributed by atoms with Crippen LogP contribution in [0.5, 0.6) is 0 Å². The fourth-order valence-corrected chi connectivity index (χ4v) is 1.83. The summed E-state index contributed by atoms with van der Waals surface area (Å²) < 4.78 is 0. The van der Waals surface area contributed by atoms with Crippen molar-refractivity contribution in [2.24, 2.45) is 0 Å². The van der Waals surface area contributed by atoms with Crippen LogP contribution >= 0.6 is 12.6 Å². The summed E-state index contributed by atoms with van der Waals surface area (Å²) in [5.74, 6) is 0. The zero-order chi connectivity index (χ0) is 13.5. The van der Waals surface area contributed by atoms with E-state index in [2.05, 4.69) is 57.3 Å². The molecule has 0 saturated carbocycles. The lowest BCUT2D eigenvalue weighted by Gasteiger charge is -1.97. The van der Waals surface area contributed by atoms with Crippen LogP contribution in [0.4, 0.5) is 0 Å². The fourth-order valence-electron chi connectivity index (χ4n) is 1.57. The molecule has 1 rings (SSSR count). The molecule has 0 saturated heterocycles. The van der Waals surface area contributed by atoms with E-state index in [9.17, 15) is 0 Å². The van der Waals surface area contributed by atoms with Gasteiger partial charge in [-0.25, -0.2) is 0 Å². The van der Waals surface area contributed by atoms with E-state index in [0.717, 1.165) is 10.1 Å². The molecule has 0 radical (unpaired) electrons. The Hall–Kier alpha value is -1.47. The van der Waals surface area contributed by atoms with Crippen LogP contribution in [0.15, 0.2) is 59.0 Å². The van der Waals surface area contributed by atoms with Gasteiger partial charge in [0.2, 0.25) is 0 Å². The van der Waals surface area contributed by atoms with E-state index in [1.165, 1.54) is 16.4 Å². The minimum Gasteiger partial charge on any atom is -0.143 e. The fraction of sp³-hybridized carbons (Fsp3) is 0.176. The smallest absolute Gasteiger partial charge is 0.00429 e. The van der Waals surface area contributed by atoms with E-state index >= 15 is 0 Å². The van der Waals surface area contributed by atoms with Gasteiger partial charge in [-0.3, -0.25) is 0 Å². The topological polar surface area (TPSA) is 0 Å². The van der Waals surface area contributed by atoms with Crippen LogP contribution in [0.1, 0.15) is 20.8 Å². The second-order valence-electron chi connectivity index (χ2n) is 4.28. The van der Waals surface area contributed by atoms with Gasteiger partial charge in [0.25, 0.3) is 0 Å². The molecule has 0 bridgehead atoms. The molecule has 0 aliphatic carbocycles. The van der Waals surface area contributed by atoms with Gasteiger partial charge >= 0.3 is 0 Å². The Morgan fingerprint density at radius 3 is 2.44 bits per heavy atom. The van der Waals surface area contributed by atoms with Gasteiger partial charge < -0.3 is 0 Å². The SMILES string of the molecule is C=c1cccc\c1=C(C)/C=C(S)\C=C/C(C)=C/C. The highest BCUT2D eigenvalue weighted by atomic mass is 32.1. The third-order valence-corrected chi connectivity index (χ3v) is 3.06. The molecular weight excluding hydrogens is 236 g/mol. The molecule has 0 fully saturated rings. The van der Waals surface area contributed by atoms with Gasteiger partial charge in [0, 0.05) is 4.91 Å². The molecule has 1 aromatic rings. The van der Waals surface area contributed by atoms with Gasteiger partial charge in [-0.15, -0.1) is 12.6 Å². The average Bonchev–Trinajstić information content (AvgIpc) is 2.36. The summed E-state index contributed by atoms with van der Waals surface area (Å²) in [4.78, 5) is 0.942. The summed E-state index contributed by atoms with van der Waals surface area (Å²) in [6.45, 7) is 10.2. The first kappa shape index (κ1) is 14.6. The quantitative estimate of drug-likeness (QED) is 0.620. The summed E-state index contributed by atoms with van der Waals surface area (Å²) in [7, 11) is 0. The third-order valence-electron chi connectivity index (χ3n) is 2.78. The maximum absolute atomic E-state index is 4.47. The van der Waals surface area contributed by atoms with Crippen molar-refractivity contribution in [2.45, 2.75) is 20.8 Å². The Morgan fingerprint density at radius 2 is 1.83 bits per heavy atom. The van der Waals surface area contributed by atoms with Gasteiger partial charge in [-0.2, -0.15) is 0 Å². The molecular formula is C17H20S. The molecule has 0 unspecified atom stereocenters. The first-order chi connectivity index (χ1) is 8.54. The third kappa shape index (κ3) is 4.42. The van der Waals surface area contributed by atoms with Crippen LogP contribution in [0.25, 0.3) is 12.2 Å². The highest BCUT2D eigenvalue weighted by Crippen LogP contribution is 2.09. The molecule has 0 N–H and O–H groups in total. The van der Waals surface area contributed by atoms with Crippen LogP contribution in [0.2, 0.25) is 0 Å². The van der Waals surface area contributed by atoms with Crippen molar-refractivity contribution in [3.8, 4) is 0 Å². The Labute approximate surface area is 115 Å². The van der Waals surface area contributed by atoms with Crippen molar-refractivity contribution in [3.63, 3.8) is 0 Å². The molecule has 0 aliphatic heterocycles. The Kier molecular flexibility index (Phi) is 5.73. The molecule has 1 aromatic carbocycles. The molecule has 0 amide bonds. The predicted molar refractivity (Wildman–Crippen MR) is 85.9 cm³/mol. The number of benzene rings is 1. The molecule has 0 spiro atoms. The molecule has 0 atom stereocenters. The summed E-state index contributed by atoms with van der Waals surface area (Å²) in [5, 5.41) is 2.21. The number of allylic oxidation sites excluding steroid dienone is 5. The minimum absolute atomic E-state index is 0.942. The van der Waals surface area contributed by atoms with Crippen molar-refractivity contribution in [1.82, 2.24) is 0 Å². The maximum atomic E-state index is 4.47. The first-order valence-corrected chi connectivity index (χ1v) is 6.46. The second-order valence-corrected chi connectivity index (χ2v) is 4.79. The predicted octanol–water partition coefficient (Wildman–Crippen LogP) is 3.60. The van der Waals surface area contributed by atoms with E-state index in [0.29, 0.717) is 0 Å². The highest BCUT2D eigenvalue weighted by molar-refractivity contribution is 7.84. The minimum atomic E-state index is 0.942. The largest absolute Gasteiger partial charge is 0.143 e. The van der Waals surface area contributed by atoms with Crippen molar-refractivity contribution < 1.29 is 0 Å². The molecule has 1 heteroatoms. The standard InChI is InChI=1S/C17H20S/c1-5-13(2)10-11-16(18)12-15(4)17-9-7-6-8-14(17)3/h5-12,18H,3H2,1-2,4H3/b11-10-,13-5+,16-12+,17-15+. The van der Waals surface area contributed by atoms with Gasteiger partial charge in [-0.1, -0.05) is 48.6 Å². The zero-order valence-electron chi connectivity index (χ0n) is 11.3. The Balaban J connectivity index is 3.11. The monoisotopic (exact) mass is 256 g/mol. The van der Waals surface area contributed by atoms with E-state index in [-0.39, 0.29) is 0 Å². The second kappa shape index (κ2) is 7.07. The Morgan fingerprint density at radius 1 is 1.17 bits per heavy atom. The number of thiol groups is 1. The lowest BCUT2D eigenvalue weighted by molar-refractivity contribution is 1.47. The van der Waals surface area contributed by atoms with Gasteiger partial charge in [0.15, 0.2) is 0 Å². The molecule has 0 aromatic heterocycles. The van der Waals surface area contributed by atoms with Crippen LogP contribution in [0.3, 0.4) is 0 Å². The highest BCUT2D eigenvalue weighted by Gasteiger charge is 1.90. The summed E-state index contributed by atoms with van der Waals surface area (Å²) in [6.07, 6.45) is 8.20. The number of hydrogen-bond donors (Lipinski definition) is 1. The number of rotatable bonds is 3. The van der Waals surface area contributed by atoms with E-state index in [4.69, 9.17) is 0 Å². The van der Waals surface area contributed by atoms with Crippen molar-refractivity contribution in [3.05, 3.63) is 69.5 Å². The van der Waals surface area contributed by atoms with E-state index in [1.807, 2.05) is 31.2 Å². The first-order valence-electron chi connectivity index (χ1n) is 6.01. The maximum Gasteiger partial charge on any atom is 0.00429 e. The molecule has 0 aliphatic rings. The van der Waals surface area contributed by atoms with Gasteiger partial charge in [-0.05, 0) is 48.9 Å². The van der Waals surface area contributed by atoms with E-state index in [1.54, 1.807) is 0 Å². The van der Waals surface area contributed by atoms with Crippen LogP contribution in [-0.4, -0.2) is 0 Å². The molecule has 18 heavy (non-hydrogen) atoms. The average molecular weight is 256 g/mol. The normalized spacial score (nSPS) is 15.1. The van der Waals surface area contributed by atoms with Gasteiger partial charge in [0.1, 0.15) is 0 Å². The summed E-state index contributed by atoms with van der Waals surface area (Å²) >= 11 is 4.47. The van der Waals surface area contributed by atoms with Crippen LogP contribution in [0, 0.1) is 0 Å². The van der Waals surface area contributed by atoms with Crippen molar-refractivity contribution in [2.75, 3.05) is 0 Å². The molecule has 0 nitrogen and oxygen atoms in total. The zero-order valence-corrected chi connectivity index (χ0v) is 12.2. The lowest BCUT2D eigenvalue weighted by atomic mass is 10.1. The van der Waals surface area contributed by atoms with Crippen LogP contribution in [-0.2, 0) is 0 Å². The van der Waals surface area contributed by atoms with Crippen LogP contribution < -0.4 is 10.4 Å².